The third kappa shape index (κ3) is 3.64. The van der Waals surface area contributed by atoms with Crippen molar-refractivity contribution in [2.24, 2.45) is 0 Å². The van der Waals surface area contributed by atoms with Crippen LogP contribution in [0.15, 0.2) is 21.1 Å². The number of likely N-dealkylation sites (tertiary alicyclic amines) is 1. The summed E-state index contributed by atoms with van der Waals surface area (Å²) in [6.07, 6.45) is 0.203. The van der Waals surface area contributed by atoms with Gasteiger partial charge >= 0.3 is 0 Å². The number of benzene rings is 1. The SMILES string of the molecule is CCOc1c(Br)cc(Br)cc1CNC1CC(=O)N(C)C1=O. The molecule has 0 aromatic heterocycles. The second-order valence-electron chi connectivity index (χ2n) is 4.74. The van der Waals surface area contributed by atoms with E-state index in [4.69, 9.17) is 4.74 Å². The first-order chi connectivity index (χ1) is 9.93. The average molecular weight is 420 g/mol. The quantitative estimate of drug-likeness (QED) is 0.744. The molecule has 2 amide bonds. The van der Waals surface area contributed by atoms with Crippen molar-refractivity contribution in [3.05, 3.63) is 26.6 Å². The minimum absolute atomic E-state index is 0.155. The molecule has 1 unspecified atom stereocenters. The first-order valence-corrected chi connectivity index (χ1v) is 8.17. The number of halogens is 2. The second kappa shape index (κ2) is 6.89. The number of ether oxygens (including phenoxy) is 1. The van der Waals surface area contributed by atoms with Crippen LogP contribution >= 0.6 is 31.9 Å². The zero-order valence-corrected chi connectivity index (χ0v) is 15.0. The van der Waals surface area contributed by atoms with E-state index in [1.807, 2.05) is 19.1 Å². The molecule has 1 aromatic carbocycles. The number of nitrogens with zero attached hydrogens (tertiary/aromatic N) is 1. The van der Waals surface area contributed by atoms with Gasteiger partial charge in [-0.2, -0.15) is 0 Å². The van der Waals surface area contributed by atoms with Crippen molar-refractivity contribution >= 4 is 43.7 Å². The summed E-state index contributed by atoms with van der Waals surface area (Å²) in [6.45, 7) is 2.92. The van der Waals surface area contributed by atoms with E-state index >= 15 is 0 Å². The van der Waals surface area contributed by atoms with Crippen molar-refractivity contribution in [1.82, 2.24) is 10.2 Å². The minimum Gasteiger partial charge on any atom is -0.492 e. The lowest BCUT2D eigenvalue weighted by Crippen LogP contribution is -2.36. The first kappa shape index (κ1) is 16.5. The van der Waals surface area contributed by atoms with Gasteiger partial charge in [-0.3, -0.25) is 14.5 Å². The number of likely N-dealkylation sites (N-methyl/N-ethyl adjacent to an activating group) is 1. The molecule has 1 aromatic rings. The number of nitrogens with one attached hydrogen (secondary N) is 1. The van der Waals surface area contributed by atoms with E-state index < -0.39 is 6.04 Å². The second-order valence-corrected chi connectivity index (χ2v) is 6.51. The van der Waals surface area contributed by atoms with E-state index in [1.54, 1.807) is 0 Å². The molecule has 2 rings (SSSR count). The van der Waals surface area contributed by atoms with E-state index in [1.165, 1.54) is 7.05 Å². The largest absolute Gasteiger partial charge is 0.492 e. The summed E-state index contributed by atoms with van der Waals surface area (Å²) in [5.41, 5.74) is 0.924. The number of carbonyl (C=O) groups excluding carboxylic acids is 2. The predicted molar refractivity (Wildman–Crippen MR) is 86.0 cm³/mol. The van der Waals surface area contributed by atoms with Crippen LogP contribution < -0.4 is 10.1 Å². The molecule has 0 bridgehead atoms. The Labute approximate surface area is 140 Å². The summed E-state index contributed by atoms with van der Waals surface area (Å²) >= 11 is 6.91. The summed E-state index contributed by atoms with van der Waals surface area (Å²) in [5.74, 6) is 0.406. The zero-order valence-electron chi connectivity index (χ0n) is 11.8. The van der Waals surface area contributed by atoms with Crippen molar-refractivity contribution in [2.75, 3.05) is 13.7 Å². The Kier molecular flexibility index (Phi) is 5.40. The van der Waals surface area contributed by atoms with Gasteiger partial charge in [0.15, 0.2) is 0 Å². The predicted octanol–water partition coefficient (Wildman–Crippen LogP) is 2.46. The third-order valence-electron chi connectivity index (χ3n) is 3.29. The molecule has 21 heavy (non-hydrogen) atoms. The van der Waals surface area contributed by atoms with Crippen LogP contribution in [0.3, 0.4) is 0 Å². The van der Waals surface area contributed by atoms with Crippen LogP contribution in [0.2, 0.25) is 0 Å². The molecule has 1 heterocycles. The standard InChI is InChI=1S/C14H16Br2N2O3/c1-3-21-13-8(4-9(15)5-10(13)16)7-17-11-6-12(19)18(2)14(11)20/h4-5,11,17H,3,6-7H2,1-2H3. The van der Waals surface area contributed by atoms with Gasteiger partial charge in [0.05, 0.1) is 23.5 Å². The van der Waals surface area contributed by atoms with E-state index in [-0.39, 0.29) is 18.2 Å². The molecule has 5 nitrogen and oxygen atoms in total. The normalized spacial score (nSPS) is 18.5. The first-order valence-electron chi connectivity index (χ1n) is 6.58. The molecule has 0 spiro atoms. The monoisotopic (exact) mass is 418 g/mol. The molecule has 1 fully saturated rings. The number of carbonyl (C=O) groups is 2. The van der Waals surface area contributed by atoms with Crippen LogP contribution in [0.4, 0.5) is 0 Å². The van der Waals surface area contributed by atoms with Gasteiger partial charge in [0.2, 0.25) is 11.8 Å². The van der Waals surface area contributed by atoms with Crippen molar-refractivity contribution < 1.29 is 14.3 Å². The molecular formula is C14H16Br2N2O3. The Balaban J connectivity index is 2.13. The maximum absolute atomic E-state index is 11.9. The van der Waals surface area contributed by atoms with Crippen LogP contribution in [0.25, 0.3) is 0 Å². The summed E-state index contributed by atoms with van der Waals surface area (Å²) in [6, 6.07) is 3.38. The summed E-state index contributed by atoms with van der Waals surface area (Å²) in [4.78, 5) is 24.5. The van der Waals surface area contributed by atoms with Crippen LogP contribution in [0.1, 0.15) is 18.9 Å². The van der Waals surface area contributed by atoms with Gasteiger partial charge in [-0.05, 0) is 35.0 Å². The smallest absolute Gasteiger partial charge is 0.246 e. The van der Waals surface area contributed by atoms with E-state index in [2.05, 4.69) is 37.2 Å². The van der Waals surface area contributed by atoms with Crippen LogP contribution in [0, 0.1) is 0 Å². The molecular weight excluding hydrogens is 404 g/mol. The van der Waals surface area contributed by atoms with Crippen molar-refractivity contribution in [3.8, 4) is 5.75 Å². The number of hydrogen-bond donors (Lipinski definition) is 1. The molecule has 1 atom stereocenters. The Morgan fingerprint density at radius 1 is 1.38 bits per heavy atom. The summed E-state index contributed by atoms with van der Waals surface area (Å²) in [5, 5.41) is 3.13. The van der Waals surface area contributed by atoms with Crippen molar-refractivity contribution in [3.63, 3.8) is 0 Å². The minimum atomic E-state index is -0.463. The van der Waals surface area contributed by atoms with E-state index in [0.29, 0.717) is 13.2 Å². The lowest BCUT2D eigenvalue weighted by molar-refractivity contribution is -0.137. The lowest BCUT2D eigenvalue weighted by Gasteiger charge is -2.15. The number of rotatable bonds is 5. The molecule has 0 aliphatic carbocycles. The fourth-order valence-electron chi connectivity index (χ4n) is 2.20. The van der Waals surface area contributed by atoms with Crippen molar-refractivity contribution in [2.45, 2.75) is 25.9 Å². The molecule has 7 heteroatoms. The molecule has 1 saturated heterocycles. The van der Waals surface area contributed by atoms with Gasteiger partial charge in [-0.25, -0.2) is 0 Å². The highest BCUT2D eigenvalue weighted by Gasteiger charge is 2.35. The summed E-state index contributed by atoms with van der Waals surface area (Å²) in [7, 11) is 1.51. The highest BCUT2D eigenvalue weighted by molar-refractivity contribution is 9.11. The lowest BCUT2D eigenvalue weighted by atomic mass is 10.1. The van der Waals surface area contributed by atoms with Crippen molar-refractivity contribution in [1.29, 1.82) is 0 Å². The van der Waals surface area contributed by atoms with Crippen LogP contribution in [-0.4, -0.2) is 36.4 Å². The Bertz CT molecular complexity index is 578. The van der Waals surface area contributed by atoms with Gasteiger partial charge < -0.3 is 10.1 Å². The fourth-order valence-corrected chi connectivity index (χ4v) is 3.63. The zero-order chi connectivity index (χ0) is 15.6. The van der Waals surface area contributed by atoms with Gasteiger partial charge in [0.1, 0.15) is 5.75 Å². The van der Waals surface area contributed by atoms with Crippen LogP contribution in [-0.2, 0) is 16.1 Å². The summed E-state index contributed by atoms with van der Waals surface area (Å²) < 4.78 is 7.40. The van der Waals surface area contributed by atoms with E-state index in [0.717, 1.165) is 25.2 Å². The molecule has 1 N–H and O–H groups in total. The maximum atomic E-state index is 11.9. The molecule has 114 valence electrons. The van der Waals surface area contributed by atoms with Gasteiger partial charge in [0, 0.05) is 23.6 Å². The Morgan fingerprint density at radius 2 is 2.10 bits per heavy atom. The molecule has 0 saturated carbocycles. The average Bonchev–Trinajstić information content (AvgIpc) is 2.67. The fraction of sp³-hybridized carbons (Fsp3) is 0.429. The molecule has 1 aliphatic rings. The highest BCUT2D eigenvalue weighted by Crippen LogP contribution is 2.33. The number of imide groups is 1. The topological polar surface area (TPSA) is 58.6 Å². The van der Waals surface area contributed by atoms with Crippen LogP contribution in [0.5, 0.6) is 5.75 Å². The molecule has 1 aliphatic heterocycles. The van der Waals surface area contributed by atoms with Gasteiger partial charge in [-0.15, -0.1) is 0 Å². The van der Waals surface area contributed by atoms with Gasteiger partial charge in [-0.1, -0.05) is 15.9 Å². The Morgan fingerprint density at radius 3 is 2.67 bits per heavy atom. The molecule has 0 radical (unpaired) electrons. The third-order valence-corrected chi connectivity index (χ3v) is 4.34. The maximum Gasteiger partial charge on any atom is 0.246 e. The number of amides is 2. The highest BCUT2D eigenvalue weighted by atomic mass is 79.9. The van der Waals surface area contributed by atoms with Gasteiger partial charge in [0.25, 0.3) is 0 Å². The van der Waals surface area contributed by atoms with E-state index in [9.17, 15) is 9.59 Å². The number of hydrogen-bond acceptors (Lipinski definition) is 4. The Hall–Kier alpha value is -0.920.